The minimum atomic E-state index is 0.714. The summed E-state index contributed by atoms with van der Waals surface area (Å²) in [6.45, 7) is 4.29. The molecule has 1 rings (SSSR count). The third-order valence-electron chi connectivity index (χ3n) is 1.67. The lowest BCUT2D eigenvalue weighted by Crippen LogP contribution is -2.27. The van der Waals surface area contributed by atoms with Gasteiger partial charge in [0.25, 0.3) is 0 Å². The van der Waals surface area contributed by atoms with E-state index in [9.17, 15) is 0 Å². The Balaban J connectivity index is 2.47. The summed E-state index contributed by atoms with van der Waals surface area (Å²) in [7, 11) is 0. The molecule has 1 atom stereocenters. The van der Waals surface area contributed by atoms with E-state index in [1.807, 2.05) is 0 Å². The van der Waals surface area contributed by atoms with Gasteiger partial charge in [0.05, 0.1) is 0 Å². The van der Waals surface area contributed by atoms with Crippen molar-refractivity contribution in [3.05, 3.63) is 11.0 Å². The maximum Gasteiger partial charge on any atom is 0.0259 e. The molecule has 1 nitrogen and oxygen atoms in total. The molecule has 9 heavy (non-hydrogen) atoms. The lowest BCUT2D eigenvalue weighted by Gasteiger charge is -2.17. The van der Waals surface area contributed by atoms with Crippen LogP contribution < -0.4 is 5.32 Å². The van der Waals surface area contributed by atoms with Crippen LogP contribution in [0, 0.1) is 5.92 Å². The molecule has 1 heterocycles. The van der Waals surface area contributed by atoms with Crippen LogP contribution >= 0.6 is 12.6 Å². The molecule has 0 amide bonds. The van der Waals surface area contributed by atoms with Crippen molar-refractivity contribution in [2.75, 3.05) is 13.1 Å². The first kappa shape index (κ1) is 7.16. The molecule has 1 unspecified atom stereocenters. The Morgan fingerprint density at radius 2 is 2.67 bits per heavy atom. The topological polar surface area (TPSA) is 12.0 Å². The molecule has 1 aliphatic rings. The smallest absolute Gasteiger partial charge is 0.0259 e. The van der Waals surface area contributed by atoms with E-state index in [1.54, 1.807) is 0 Å². The molecule has 52 valence electrons. The zero-order chi connectivity index (χ0) is 6.69. The number of nitrogens with one attached hydrogen (secondary N) is 1. The first-order valence-corrected chi connectivity index (χ1v) is 3.88. The Kier molecular flexibility index (Phi) is 2.61. The van der Waals surface area contributed by atoms with Gasteiger partial charge in [-0.15, -0.1) is 12.6 Å². The predicted molar refractivity (Wildman–Crippen MR) is 43.7 cm³/mol. The molecular formula is C7H13NS. The monoisotopic (exact) mass is 143 g/mol. The first-order valence-electron chi connectivity index (χ1n) is 3.43. The van der Waals surface area contributed by atoms with Crippen LogP contribution in [0.5, 0.6) is 0 Å². The van der Waals surface area contributed by atoms with E-state index in [4.69, 9.17) is 0 Å². The fraction of sp³-hybridized carbons (Fsp3) is 0.714. The van der Waals surface area contributed by atoms with E-state index in [0.29, 0.717) is 5.92 Å². The second-order valence-electron chi connectivity index (χ2n) is 2.46. The van der Waals surface area contributed by atoms with E-state index < -0.39 is 0 Å². The normalized spacial score (nSPS) is 27.8. The van der Waals surface area contributed by atoms with Crippen LogP contribution in [-0.4, -0.2) is 13.1 Å². The van der Waals surface area contributed by atoms with Crippen molar-refractivity contribution in [3.63, 3.8) is 0 Å². The summed E-state index contributed by atoms with van der Waals surface area (Å²) in [5.41, 5.74) is 0. The summed E-state index contributed by atoms with van der Waals surface area (Å²) >= 11 is 4.27. The van der Waals surface area contributed by atoms with Crippen LogP contribution in [-0.2, 0) is 0 Å². The van der Waals surface area contributed by atoms with Crippen LogP contribution in [0.3, 0.4) is 0 Å². The molecule has 2 heteroatoms. The van der Waals surface area contributed by atoms with Gasteiger partial charge in [-0.2, -0.15) is 0 Å². The van der Waals surface area contributed by atoms with Crippen molar-refractivity contribution in [2.24, 2.45) is 5.92 Å². The fourth-order valence-corrected chi connectivity index (χ4v) is 1.36. The van der Waals surface area contributed by atoms with Gasteiger partial charge in [-0.1, -0.05) is 13.0 Å². The summed E-state index contributed by atoms with van der Waals surface area (Å²) in [6.07, 6.45) is 3.47. The molecule has 0 aromatic rings. The maximum absolute atomic E-state index is 4.27. The lowest BCUT2D eigenvalue weighted by atomic mass is 10.0. The molecule has 0 saturated carbocycles. The lowest BCUT2D eigenvalue weighted by molar-refractivity contribution is 0.540. The van der Waals surface area contributed by atoms with E-state index >= 15 is 0 Å². The van der Waals surface area contributed by atoms with E-state index in [2.05, 4.69) is 30.9 Å². The van der Waals surface area contributed by atoms with Crippen LogP contribution in [0.4, 0.5) is 0 Å². The highest BCUT2D eigenvalue weighted by molar-refractivity contribution is 7.84. The van der Waals surface area contributed by atoms with Crippen LogP contribution in [0.25, 0.3) is 0 Å². The molecule has 0 saturated heterocycles. The second-order valence-corrected chi connectivity index (χ2v) is 3.03. The zero-order valence-corrected chi connectivity index (χ0v) is 6.62. The summed E-state index contributed by atoms with van der Waals surface area (Å²) in [5.74, 6) is 0.714. The molecule has 0 fully saturated rings. The average Bonchev–Trinajstić information content (AvgIpc) is 1.88. The highest BCUT2D eigenvalue weighted by Gasteiger charge is 2.07. The summed E-state index contributed by atoms with van der Waals surface area (Å²) in [5, 5.41) is 3.29. The molecule has 0 aromatic heterocycles. The van der Waals surface area contributed by atoms with Gasteiger partial charge in [0.1, 0.15) is 0 Å². The second kappa shape index (κ2) is 3.28. The quantitative estimate of drug-likeness (QED) is 0.529. The van der Waals surface area contributed by atoms with Gasteiger partial charge in [0, 0.05) is 13.1 Å². The van der Waals surface area contributed by atoms with Gasteiger partial charge >= 0.3 is 0 Å². The van der Waals surface area contributed by atoms with E-state index in [-0.39, 0.29) is 0 Å². The van der Waals surface area contributed by atoms with Gasteiger partial charge in [-0.25, -0.2) is 0 Å². The van der Waals surface area contributed by atoms with Crippen molar-refractivity contribution in [1.29, 1.82) is 0 Å². The van der Waals surface area contributed by atoms with Gasteiger partial charge in [-0.05, 0) is 17.2 Å². The van der Waals surface area contributed by atoms with Gasteiger partial charge in [0.15, 0.2) is 0 Å². The maximum atomic E-state index is 4.27. The standard InChI is InChI=1S/C7H13NS/c1-2-6-3-7(9)5-8-4-6/h3,6,8-9H,2,4-5H2,1H3. The molecule has 0 spiro atoms. The molecule has 0 aromatic carbocycles. The molecule has 1 N–H and O–H groups in total. The molecule has 0 bridgehead atoms. The predicted octanol–water partition coefficient (Wildman–Crippen LogP) is 1.43. The highest BCUT2D eigenvalue weighted by Crippen LogP contribution is 2.13. The number of rotatable bonds is 1. The summed E-state index contributed by atoms with van der Waals surface area (Å²) in [6, 6.07) is 0. The van der Waals surface area contributed by atoms with Crippen molar-refractivity contribution in [1.82, 2.24) is 5.32 Å². The average molecular weight is 143 g/mol. The summed E-state index contributed by atoms with van der Waals surface area (Å²) in [4.78, 5) is 1.19. The van der Waals surface area contributed by atoms with E-state index in [0.717, 1.165) is 13.1 Å². The third kappa shape index (κ3) is 2.03. The van der Waals surface area contributed by atoms with Crippen LogP contribution in [0.2, 0.25) is 0 Å². The van der Waals surface area contributed by atoms with Gasteiger partial charge in [-0.3, -0.25) is 0 Å². The Hall–Kier alpha value is 0.0500. The Labute approximate surface area is 61.9 Å². The van der Waals surface area contributed by atoms with Crippen LogP contribution in [0.1, 0.15) is 13.3 Å². The fourth-order valence-electron chi connectivity index (χ4n) is 1.04. The largest absolute Gasteiger partial charge is 0.312 e. The molecule has 0 radical (unpaired) electrons. The van der Waals surface area contributed by atoms with Crippen molar-refractivity contribution >= 4 is 12.6 Å². The number of hydrogen-bond donors (Lipinski definition) is 2. The van der Waals surface area contributed by atoms with Gasteiger partial charge < -0.3 is 5.32 Å². The van der Waals surface area contributed by atoms with Crippen molar-refractivity contribution in [3.8, 4) is 0 Å². The van der Waals surface area contributed by atoms with Crippen LogP contribution in [0.15, 0.2) is 11.0 Å². The minimum absolute atomic E-state index is 0.714. The molecular weight excluding hydrogens is 130 g/mol. The van der Waals surface area contributed by atoms with Crippen molar-refractivity contribution in [2.45, 2.75) is 13.3 Å². The third-order valence-corrected chi connectivity index (χ3v) is 1.97. The Morgan fingerprint density at radius 1 is 1.89 bits per heavy atom. The summed E-state index contributed by atoms with van der Waals surface area (Å²) < 4.78 is 0. The number of thiol groups is 1. The Morgan fingerprint density at radius 3 is 3.11 bits per heavy atom. The minimum Gasteiger partial charge on any atom is -0.312 e. The Bertz CT molecular complexity index is 120. The molecule has 0 aliphatic carbocycles. The molecule has 1 aliphatic heterocycles. The van der Waals surface area contributed by atoms with Gasteiger partial charge in [0.2, 0.25) is 0 Å². The highest BCUT2D eigenvalue weighted by atomic mass is 32.1. The van der Waals surface area contributed by atoms with E-state index in [1.165, 1.54) is 11.3 Å². The first-order chi connectivity index (χ1) is 4.33. The number of hydrogen-bond acceptors (Lipinski definition) is 2. The SMILES string of the molecule is CCC1C=C(S)CNC1. The van der Waals surface area contributed by atoms with Crippen molar-refractivity contribution < 1.29 is 0 Å². The zero-order valence-electron chi connectivity index (χ0n) is 5.72.